The van der Waals surface area contributed by atoms with E-state index in [1.807, 2.05) is 0 Å². The molecular formula is C20H25N3O5. The molecule has 0 saturated carbocycles. The average Bonchev–Trinajstić information content (AvgIpc) is 3.00. The van der Waals surface area contributed by atoms with Crippen molar-refractivity contribution in [2.75, 3.05) is 31.6 Å². The first-order chi connectivity index (χ1) is 13.4. The van der Waals surface area contributed by atoms with E-state index in [0.29, 0.717) is 23.7 Å². The molecule has 3 rings (SSSR count). The van der Waals surface area contributed by atoms with Crippen molar-refractivity contribution < 1.29 is 23.9 Å². The summed E-state index contributed by atoms with van der Waals surface area (Å²) in [5, 5.41) is 2.84. The van der Waals surface area contributed by atoms with Crippen molar-refractivity contribution in [3.05, 3.63) is 29.8 Å². The summed E-state index contributed by atoms with van der Waals surface area (Å²) in [6.45, 7) is 3.61. The van der Waals surface area contributed by atoms with Gasteiger partial charge in [0.25, 0.3) is 5.91 Å². The van der Waals surface area contributed by atoms with E-state index in [4.69, 9.17) is 0 Å². The second kappa shape index (κ2) is 8.52. The SMILES string of the molecule is COC(=O)c1ccc(N2C(=O)CC(N3CCC(CNC(C)=O)CC3)C2=O)cc1. The third-order valence-corrected chi connectivity index (χ3v) is 5.40. The number of piperidine rings is 1. The van der Waals surface area contributed by atoms with Crippen molar-refractivity contribution in [2.45, 2.75) is 32.2 Å². The fourth-order valence-corrected chi connectivity index (χ4v) is 3.79. The largest absolute Gasteiger partial charge is 0.465 e. The lowest BCUT2D eigenvalue weighted by Crippen LogP contribution is -2.47. The number of hydrogen-bond donors (Lipinski definition) is 1. The average molecular weight is 387 g/mol. The lowest BCUT2D eigenvalue weighted by molar-refractivity contribution is -0.123. The van der Waals surface area contributed by atoms with Crippen LogP contribution in [-0.2, 0) is 19.1 Å². The molecule has 8 nitrogen and oxygen atoms in total. The van der Waals surface area contributed by atoms with Crippen LogP contribution in [0.15, 0.2) is 24.3 Å². The van der Waals surface area contributed by atoms with E-state index < -0.39 is 12.0 Å². The van der Waals surface area contributed by atoms with E-state index in [0.717, 1.165) is 25.9 Å². The molecule has 0 aliphatic carbocycles. The highest BCUT2D eigenvalue weighted by Gasteiger charge is 2.43. The Morgan fingerprint density at radius 3 is 2.36 bits per heavy atom. The highest BCUT2D eigenvalue weighted by molar-refractivity contribution is 6.22. The van der Waals surface area contributed by atoms with Gasteiger partial charge in [0.15, 0.2) is 0 Å². The number of methoxy groups -OCH3 is 1. The van der Waals surface area contributed by atoms with Crippen molar-refractivity contribution in [1.82, 2.24) is 10.2 Å². The van der Waals surface area contributed by atoms with Gasteiger partial charge in [-0.15, -0.1) is 0 Å². The van der Waals surface area contributed by atoms with Crippen LogP contribution in [0.1, 0.15) is 36.5 Å². The van der Waals surface area contributed by atoms with Crippen LogP contribution in [0.2, 0.25) is 0 Å². The molecule has 1 aromatic rings. The van der Waals surface area contributed by atoms with E-state index >= 15 is 0 Å². The van der Waals surface area contributed by atoms with Crippen LogP contribution >= 0.6 is 0 Å². The molecule has 8 heteroatoms. The lowest BCUT2D eigenvalue weighted by atomic mass is 9.95. The van der Waals surface area contributed by atoms with E-state index in [9.17, 15) is 19.2 Å². The number of nitrogens with zero attached hydrogens (tertiary/aromatic N) is 2. The Balaban J connectivity index is 1.62. The molecule has 3 amide bonds. The van der Waals surface area contributed by atoms with Gasteiger partial charge in [-0.05, 0) is 56.1 Å². The summed E-state index contributed by atoms with van der Waals surface area (Å²) in [6, 6.07) is 5.81. The van der Waals surface area contributed by atoms with Gasteiger partial charge in [-0.25, -0.2) is 9.69 Å². The van der Waals surface area contributed by atoms with E-state index in [1.165, 1.54) is 18.9 Å². The first-order valence-electron chi connectivity index (χ1n) is 9.44. The topological polar surface area (TPSA) is 96.0 Å². The molecule has 0 bridgehead atoms. The zero-order valence-corrected chi connectivity index (χ0v) is 16.1. The van der Waals surface area contributed by atoms with Crippen molar-refractivity contribution in [3.8, 4) is 0 Å². The summed E-state index contributed by atoms with van der Waals surface area (Å²) in [4.78, 5) is 51.3. The standard InChI is InChI=1S/C20H25N3O5/c1-13(24)21-12-14-7-9-22(10-8-14)17-11-18(25)23(19(17)26)16-5-3-15(4-6-16)20(27)28-2/h3-6,14,17H,7-12H2,1-2H3,(H,21,24). The number of ether oxygens (including phenoxy) is 1. The summed E-state index contributed by atoms with van der Waals surface area (Å²) in [5.41, 5.74) is 0.828. The van der Waals surface area contributed by atoms with Gasteiger partial charge in [0.2, 0.25) is 11.8 Å². The summed E-state index contributed by atoms with van der Waals surface area (Å²) in [6.07, 6.45) is 1.92. The second-order valence-corrected chi connectivity index (χ2v) is 7.24. The molecular weight excluding hydrogens is 362 g/mol. The number of carbonyl (C=O) groups is 4. The fraction of sp³-hybridized carbons (Fsp3) is 0.500. The predicted molar refractivity (Wildman–Crippen MR) is 102 cm³/mol. The molecule has 150 valence electrons. The van der Waals surface area contributed by atoms with Crippen molar-refractivity contribution in [2.24, 2.45) is 5.92 Å². The first kappa shape index (κ1) is 20.0. The van der Waals surface area contributed by atoms with Gasteiger partial charge in [0.1, 0.15) is 0 Å². The minimum Gasteiger partial charge on any atom is -0.465 e. The molecule has 0 spiro atoms. The van der Waals surface area contributed by atoms with Gasteiger partial charge < -0.3 is 10.1 Å². The quantitative estimate of drug-likeness (QED) is 0.597. The number of hydrogen-bond acceptors (Lipinski definition) is 6. The maximum absolute atomic E-state index is 12.9. The number of imide groups is 1. The van der Waals surface area contributed by atoms with Crippen LogP contribution in [0.5, 0.6) is 0 Å². The van der Waals surface area contributed by atoms with Gasteiger partial charge in [0, 0.05) is 13.5 Å². The normalized spacial score (nSPS) is 21.1. The summed E-state index contributed by atoms with van der Waals surface area (Å²) in [5.74, 6) is -0.565. The van der Waals surface area contributed by atoms with Gasteiger partial charge in [-0.3, -0.25) is 19.3 Å². The van der Waals surface area contributed by atoms with Crippen LogP contribution in [0.3, 0.4) is 0 Å². The van der Waals surface area contributed by atoms with Crippen LogP contribution in [0, 0.1) is 5.92 Å². The van der Waals surface area contributed by atoms with Gasteiger partial charge >= 0.3 is 5.97 Å². The number of benzene rings is 1. The summed E-state index contributed by atoms with van der Waals surface area (Å²) in [7, 11) is 1.30. The maximum Gasteiger partial charge on any atom is 0.337 e. The third kappa shape index (κ3) is 4.22. The Morgan fingerprint density at radius 1 is 1.14 bits per heavy atom. The zero-order valence-electron chi connectivity index (χ0n) is 16.1. The smallest absolute Gasteiger partial charge is 0.337 e. The number of nitrogens with one attached hydrogen (secondary N) is 1. The predicted octanol–water partition coefficient (Wildman–Crippen LogP) is 0.953. The highest BCUT2D eigenvalue weighted by atomic mass is 16.5. The molecule has 2 aliphatic rings. The number of carbonyl (C=O) groups excluding carboxylic acids is 4. The Bertz CT molecular complexity index is 769. The van der Waals surface area contributed by atoms with E-state index in [-0.39, 0.29) is 24.1 Å². The number of esters is 1. The number of anilines is 1. The van der Waals surface area contributed by atoms with Crippen LogP contribution in [0.4, 0.5) is 5.69 Å². The Labute approximate surface area is 163 Å². The molecule has 28 heavy (non-hydrogen) atoms. The summed E-state index contributed by atoms with van der Waals surface area (Å²) >= 11 is 0. The number of rotatable bonds is 5. The van der Waals surface area contributed by atoms with Crippen LogP contribution in [-0.4, -0.2) is 61.4 Å². The van der Waals surface area contributed by atoms with E-state index in [2.05, 4.69) is 15.0 Å². The van der Waals surface area contributed by atoms with Gasteiger partial charge in [-0.1, -0.05) is 0 Å². The molecule has 1 atom stereocenters. The van der Waals surface area contributed by atoms with Crippen LogP contribution < -0.4 is 10.2 Å². The Kier molecular flexibility index (Phi) is 6.08. The van der Waals surface area contributed by atoms with Crippen molar-refractivity contribution in [1.29, 1.82) is 0 Å². The molecule has 0 radical (unpaired) electrons. The number of likely N-dealkylation sites (tertiary alicyclic amines) is 1. The molecule has 1 aromatic carbocycles. The molecule has 2 heterocycles. The van der Waals surface area contributed by atoms with Crippen LogP contribution in [0.25, 0.3) is 0 Å². The summed E-state index contributed by atoms with van der Waals surface area (Å²) < 4.78 is 4.66. The maximum atomic E-state index is 12.9. The fourth-order valence-electron chi connectivity index (χ4n) is 3.79. The third-order valence-electron chi connectivity index (χ3n) is 5.40. The first-order valence-corrected chi connectivity index (χ1v) is 9.44. The second-order valence-electron chi connectivity index (χ2n) is 7.24. The lowest BCUT2D eigenvalue weighted by Gasteiger charge is -2.34. The van der Waals surface area contributed by atoms with Crippen molar-refractivity contribution in [3.63, 3.8) is 0 Å². The molecule has 2 fully saturated rings. The molecule has 1 unspecified atom stereocenters. The molecule has 2 saturated heterocycles. The minimum atomic E-state index is -0.467. The van der Waals surface area contributed by atoms with Gasteiger partial charge in [0.05, 0.1) is 30.8 Å². The molecule has 1 N–H and O–H groups in total. The monoisotopic (exact) mass is 387 g/mol. The van der Waals surface area contributed by atoms with Crippen molar-refractivity contribution >= 4 is 29.4 Å². The minimum absolute atomic E-state index is 0.0344. The van der Waals surface area contributed by atoms with Gasteiger partial charge in [-0.2, -0.15) is 0 Å². The number of amides is 3. The van der Waals surface area contributed by atoms with E-state index in [1.54, 1.807) is 24.3 Å². The molecule has 2 aliphatic heterocycles. The zero-order chi connectivity index (χ0) is 20.3. The molecule has 0 aromatic heterocycles. The Hall–Kier alpha value is -2.74. The Morgan fingerprint density at radius 2 is 1.79 bits per heavy atom. The highest BCUT2D eigenvalue weighted by Crippen LogP contribution is 2.28.